The van der Waals surface area contributed by atoms with Crippen molar-refractivity contribution in [1.82, 2.24) is 9.55 Å². The maximum atomic E-state index is 6.10. The quantitative estimate of drug-likeness (QED) is 0.245. The van der Waals surface area contributed by atoms with Crippen LogP contribution in [0.4, 0.5) is 0 Å². The number of hydrogen-bond donors (Lipinski definition) is 0. The second kappa shape index (κ2) is 10.3. The number of benzene rings is 3. The molecule has 34 heavy (non-hydrogen) atoms. The maximum absolute atomic E-state index is 6.10. The number of fused-ring (bicyclic) bond motifs is 1. The summed E-state index contributed by atoms with van der Waals surface area (Å²) in [4.78, 5) is 4.84. The molecule has 0 bridgehead atoms. The molecule has 0 unspecified atom stereocenters. The van der Waals surface area contributed by atoms with E-state index in [2.05, 4.69) is 93.8 Å². The number of aromatic nitrogens is 2. The molecular weight excluding hydrogens is 420 g/mol. The van der Waals surface area contributed by atoms with Gasteiger partial charge in [0.15, 0.2) is 0 Å². The van der Waals surface area contributed by atoms with Gasteiger partial charge in [-0.25, -0.2) is 4.98 Å². The third-order valence-corrected chi connectivity index (χ3v) is 6.16. The number of nitrogens with zero attached hydrogens (tertiary/aromatic N) is 2. The van der Waals surface area contributed by atoms with Crippen LogP contribution in [0.2, 0.25) is 0 Å². The first-order valence-electron chi connectivity index (χ1n) is 12.2. The molecule has 0 fully saturated rings. The molecule has 3 aromatic carbocycles. The summed E-state index contributed by atoms with van der Waals surface area (Å²) >= 11 is 0. The van der Waals surface area contributed by atoms with Gasteiger partial charge in [-0.3, -0.25) is 0 Å². The minimum atomic E-state index is 0.149. The van der Waals surface area contributed by atoms with Crippen LogP contribution in [0.5, 0.6) is 11.5 Å². The lowest BCUT2D eigenvalue weighted by Gasteiger charge is -2.19. The molecule has 4 rings (SSSR count). The Balaban J connectivity index is 1.39. The molecule has 1 heterocycles. The second-order valence-corrected chi connectivity index (χ2v) is 10.2. The number of para-hydroxylation sites is 2. The Kier molecular flexibility index (Phi) is 7.26. The van der Waals surface area contributed by atoms with Crippen molar-refractivity contribution in [3.63, 3.8) is 0 Å². The van der Waals surface area contributed by atoms with Crippen molar-refractivity contribution in [2.75, 3.05) is 6.61 Å². The third-order valence-electron chi connectivity index (χ3n) is 6.16. The lowest BCUT2D eigenvalue weighted by atomic mass is 9.87. The molecule has 0 aliphatic rings. The third kappa shape index (κ3) is 5.80. The molecule has 0 spiro atoms. The number of hydrogen-bond acceptors (Lipinski definition) is 3. The molecule has 0 saturated carbocycles. The number of ether oxygens (including phenoxy) is 2. The first-order valence-corrected chi connectivity index (χ1v) is 12.2. The highest BCUT2D eigenvalue weighted by atomic mass is 16.5. The van der Waals surface area contributed by atoms with Crippen molar-refractivity contribution >= 4 is 11.0 Å². The summed E-state index contributed by atoms with van der Waals surface area (Å²) in [7, 11) is 0. The lowest BCUT2D eigenvalue weighted by molar-refractivity contribution is 0.280. The van der Waals surface area contributed by atoms with Gasteiger partial charge >= 0.3 is 0 Å². The number of rotatable bonds is 9. The predicted molar refractivity (Wildman–Crippen MR) is 140 cm³/mol. The molecule has 0 aliphatic carbocycles. The zero-order valence-electron chi connectivity index (χ0n) is 21.0. The minimum Gasteiger partial charge on any atom is -0.494 e. The van der Waals surface area contributed by atoms with Crippen molar-refractivity contribution in [1.29, 1.82) is 0 Å². The van der Waals surface area contributed by atoms with Crippen LogP contribution in [-0.2, 0) is 18.6 Å². The monoisotopic (exact) mass is 456 g/mol. The Morgan fingerprint density at radius 3 is 2.15 bits per heavy atom. The van der Waals surface area contributed by atoms with E-state index in [1.165, 1.54) is 11.1 Å². The van der Waals surface area contributed by atoms with Gasteiger partial charge < -0.3 is 14.0 Å². The molecule has 178 valence electrons. The van der Waals surface area contributed by atoms with Gasteiger partial charge in [0.2, 0.25) is 0 Å². The average molecular weight is 457 g/mol. The summed E-state index contributed by atoms with van der Waals surface area (Å²) in [5, 5.41) is 0. The molecule has 0 saturated heterocycles. The molecule has 0 radical (unpaired) electrons. The van der Waals surface area contributed by atoms with E-state index in [0.717, 1.165) is 41.3 Å². The number of aryl methyl sites for hydroxylation is 1. The SMILES string of the molecule is CC(C)c1ccc(OCc2nc3ccccc3n2CCCOc2ccc(C(C)(C)C)cc2)cc1. The first kappa shape index (κ1) is 23.9. The van der Waals surface area contributed by atoms with E-state index in [-0.39, 0.29) is 5.41 Å². The fourth-order valence-electron chi connectivity index (χ4n) is 4.05. The Bertz CT molecular complexity index is 1200. The van der Waals surface area contributed by atoms with E-state index in [4.69, 9.17) is 14.5 Å². The van der Waals surface area contributed by atoms with Gasteiger partial charge in [0.05, 0.1) is 17.6 Å². The summed E-state index contributed by atoms with van der Waals surface area (Å²) < 4.78 is 14.4. The molecule has 1 aromatic heterocycles. The van der Waals surface area contributed by atoms with Gasteiger partial charge in [-0.05, 0) is 65.3 Å². The van der Waals surface area contributed by atoms with Crippen LogP contribution in [0.15, 0.2) is 72.8 Å². The van der Waals surface area contributed by atoms with E-state index < -0.39 is 0 Å². The molecular formula is C30H36N2O2. The molecule has 0 aliphatic heterocycles. The Morgan fingerprint density at radius 1 is 0.824 bits per heavy atom. The van der Waals surface area contributed by atoms with E-state index in [0.29, 0.717) is 19.1 Å². The average Bonchev–Trinajstić information content (AvgIpc) is 3.18. The highest BCUT2D eigenvalue weighted by Gasteiger charge is 2.14. The fourth-order valence-corrected chi connectivity index (χ4v) is 4.05. The van der Waals surface area contributed by atoms with Gasteiger partial charge in [-0.2, -0.15) is 0 Å². The highest BCUT2D eigenvalue weighted by Crippen LogP contribution is 2.25. The Labute approximate surface area is 203 Å². The summed E-state index contributed by atoms with van der Waals surface area (Å²) in [6.45, 7) is 13.0. The van der Waals surface area contributed by atoms with Crippen molar-refractivity contribution in [3.8, 4) is 11.5 Å². The summed E-state index contributed by atoms with van der Waals surface area (Å²) in [6, 6.07) is 25.1. The second-order valence-electron chi connectivity index (χ2n) is 10.2. The summed E-state index contributed by atoms with van der Waals surface area (Å²) in [6.07, 6.45) is 0.886. The van der Waals surface area contributed by atoms with Crippen LogP contribution in [-0.4, -0.2) is 16.2 Å². The largest absolute Gasteiger partial charge is 0.494 e. The molecule has 4 heteroatoms. The standard InChI is InChI=1S/C30H36N2O2/c1-22(2)23-11-15-26(16-12-23)34-21-29-31-27-9-6-7-10-28(27)32(29)19-8-20-33-25-17-13-24(14-18-25)30(3,4)5/h6-7,9-18,22H,8,19-21H2,1-5H3. The number of imidazole rings is 1. The van der Waals surface area contributed by atoms with Gasteiger partial charge in [0.1, 0.15) is 23.9 Å². The molecule has 0 atom stereocenters. The maximum Gasteiger partial charge on any atom is 0.147 e. The van der Waals surface area contributed by atoms with Crippen LogP contribution in [0.3, 0.4) is 0 Å². The Morgan fingerprint density at radius 2 is 1.47 bits per heavy atom. The highest BCUT2D eigenvalue weighted by molar-refractivity contribution is 5.75. The zero-order valence-corrected chi connectivity index (χ0v) is 21.0. The van der Waals surface area contributed by atoms with E-state index in [1.54, 1.807) is 0 Å². The summed E-state index contributed by atoms with van der Waals surface area (Å²) in [5.74, 6) is 3.22. The zero-order chi connectivity index (χ0) is 24.1. The van der Waals surface area contributed by atoms with Crippen molar-refractivity contribution in [3.05, 3.63) is 89.7 Å². The van der Waals surface area contributed by atoms with Gasteiger partial charge in [0.25, 0.3) is 0 Å². The van der Waals surface area contributed by atoms with Crippen LogP contribution in [0, 0.1) is 0 Å². The normalized spacial score (nSPS) is 11.8. The molecule has 4 aromatic rings. The van der Waals surface area contributed by atoms with Crippen LogP contribution in [0.1, 0.15) is 63.9 Å². The predicted octanol–water partition coefficient (Wildman–Crippen LogP) is 7.51. The van der Waals surface area contributed by atoms with Crippen molar-refractivity contribution < 1.29 is 9.47 Å². The van der Waals surface area contributed by atoms with Gasteiger partial charge in [0, 0.05) is 6.54 Å². The molecule has 4 nitrogen and oxygen atoms in total. The lowest BCUT2D eigenvalue weighted by Crippen LogP contribution is -2.11. The van der Waals surface area contributed by atoms with Crippen molar-refractivity contribution in [2.45, 2.75) is 65.5 Å². The van der Waals surface area contributed by atoms with E-state index >= 15 is 0 Å². The van der Waals surface area contributed by atoms with E-state index in [9.17, 15) is 0 Å². The molecule has 0 amide bonds. The van der Waals surface area contributed by atoms with Crippen molar-refractivity contribution in [2.24, 2.45) is 0 Å². The smallest absolute Gasteiger partial charge is 0.147 e. The summed E-state index contributed by atoms with van der Waals surface area (Å²) in [5.41, 5.74) is 4.90. The van der Waals surface area contributed by atoms with Crippen LogP contribution >= 0.6 is 0 Å². The minimum absolute atomic E-state index is 0.149. The van der Waals surface area contributed by atoms with Crippen LogP contribution in [0.25, 0.3) is 11.0 Å². The first-order chi connectivity index (χ1) is 16.3. The topological polar surface area (TPSA) is 36.3 Å². The van der Waals surface area contributed by atoms with E-state index in [1.807, 2.05) is 18.2 Å². The van der Waals surface area contributed by atoms with Crippen LogP contribution < -0.4 is 9.47 Å². The fraction of sp³-hybridized carbons (Fsp3) is 0.367. The van der Waals surface area contributed by atoms with Gasteiger partial charge in [-0.1, -0.05) is 71.0 Å². The van der Waals surface area contributed by atoms with Gasteiger partial charge in [-0.15, -0.1) is 0 Å². The molecule has 0 N–H and O–H groups in total. The Hall–Kier alpha value is -3.27.